The molecule has 0 aliphatic carbocycles. The monoisotopic (exact) mass is 594 g/mol. The van der Waals surface area contributed by atoms with Crippen LogP contribution in [0.4, 0.5) is 5.69 Å². The van der Waals surface area contributed by atoms with Gasteiger partial charge in [0, 0.05) is 17.7 Å². The lowest BCUT2D eigenvalue weighted by Crippen LogP contribution is -2.32. The lowest BCUT2D eigenvalue weighted by molar-refractivity contribution is -0.245. The molecule has 9 heteroatoms. The van der Waals surface area contributed by atoms with Crippen molar-refractivity contribution >= 4 is 50.8 Å². The summed E-state index contributed by atoms with van der Waals surface area (Å²) in [6.07, 6.45) is -0.464. The van der Waals surface area contributed by atoms with E-state index in [0.717, 1.165) is 31.2 Å². The number of imide groups is 1. The number of hydrogen-bond acceptors (Lipinski definition) is 8. The van der Waals surface area contributed by atoms with Gasteiger partial charge in [-0.25, -0.2) is 9.88 Å². The number of benzene rings is 4. The van der Waals surface area contributed by atoms with Crippen molar-refractivity contribution in [2.75, 3.05) is 10.7 Å². The van der Waals surface area contributed by atoms with Crippen LogP contribution in [-0.4, -0.2) is 33.8 Å². The van der Waals surface area contributed by atoms with E-state index in [1.165, 1.54) is 4.90 Å². The van der Waals surface area contributed by atoms with E-state index in [0.29, 0.717) is 29.0 Å². The smallest absolute Gasteiger partial charge is 0.266 e. The molecule has 7 rings (SSSR count). The van der Waals surface area contributed by atoms with Gasteiger partial charge in [0.15, 0.2) is 10.6 Å². The van der Waals surface area contributed by atoms with Crippen LogP contribution in [0.3, 0.4) is 0 Å². The highest BCUT2D eigenvalue weighted by atomic mass is 32.2. The molecule has 1 saturated heterocycles. The summed E-state index contributed by atoms with van der Waals surface area (Å²) in [4.78, 5) is 32.2. The first-order valence-corrected chi connectivity index (χ1v) is 15.4. The van der Waals surface area contributed by atoms with Gasteiger partial charge in [-0.15, -0.1) is 11.3 Å². The van der Waals surface area contributed by atoms with Crippen LogP contribution in [0.5, 0.6) is 0 Å². The van der Waals surface area contributed by atoms with Crippen LogP contribution in [0.1, 0.15) is 56.2 Å². The van der Waals surface area contributed by atoms with Crippen molar-refractivity contribution in [1.82, 2.24) is 4.98 Å². The van der Waals surface area contributed by atoms with Gasteiger partial charge in [-0.1, -0.05) is 72.4 Å². The van der Waals surface area contributed by atoms with Crippen LogP contribution in [0.15, 0.2) is 101 Å². The molecule has 1 fully saturated rings. The molecule has 0 bridgehead atoms. The number of fused-ring (bicyclic) bond motifs is 2. The lowest BCUT2D eigenvalue weighted by Gasteiger charge is -2.36. The molecule has 2 aliphatic rings. The van der Waals surface area contributed by atoms with E-state index < -0.39 is 6.29 Å². The summed E-state index contributed by atoms with van der Waals surface area (Å²) in [7, 11) is 0. The van der Waals surface area contributed by atoms with Crippen LogP contribution in [0.2, 0.25) is 0 Å². The third-order valence-electron chi connectivity index (χ3n) is 7.48. The first-order chi connectivity index (χ1) is 20.6. The molecule has 210 valence electrons. The number of thioether (sulfide) groups is 1. The Morgan fingerprint density at radius 2 is 1.60 bits per heavy atom. The normalized spacial score (nSPS) is 20.3. The van der Waals surface area contributed by atoms with Gasteiger partial charge in [0.1, 0.15) is 0 Å². The molecule has 42 heavy (non-hydrogen) atoms. The number of ether oxygens (including phenoxy) is 2. The molecule has 4 aromatic carbocycles. The lowest BCUT2D eigenvalue weighted by atomic mass is 10.0. The molecule has 7 nitrogen and oxygen atoms in total. The Balaban J connectivity index is 1.16. The zero-order valence-electron chi connectivity index (χ0n) is 22.4. The average molecular weight is 595 g/mol. The molecule has 0 unspecified atom stereocenters. The van der Waals surface area contributed by atoms with Gasteiger partial charge >= 0.3 is 0 Å². The number of aromatic nitrogens is 1. The van der Waals surface area contributed by atoms with Crippen molar-refractivity contribution < 1.29 is 24.2 Å². The first-order valence-electron chi connectivity index (χ1n) is 13.6. The van der Waals surface area contributed by atoms with Gasteiger partial charge in [-0.3, -0.25) is 9.59 Å². The summed E-state index contributed by atoms with van der Waals surface area (Å²) >= 11 is 3.33. The zero-order chi connectivity index (χ0) is 28.6. The Labute approximate surface area is 250 Å². The van der Waals surface area contributed by atoms with Crippen molar-refractivity contribution in [2.45, 2.75) is 35.9 Å². The number of hydrogen-bond donors (Lipinski definition) is 1. The Morgan fingerprint density at radius 1 is 0.857 bits per heavy atom. The summed E-state index contributed by atoms with van der Waals surface area (Å²) in [5, 5.41) is 9.50. The predicted molar refractivity (Wildman–Crippen MR) is 163 cm³/mol. The maximum atomic E-state index is 13.1. The van der Waals surface area contributed by atoms with E-state index in [9.17, 15) is 14.7 Å². The van der Waals surface area contributed by atoms with E-state index in [1.54, 1.807) is 59.5 Å². The molecule has 5 aromatic rings. The SMILES string of the molecule is O=C1c2ccccc2C(=O)N1c1cccc([C@@H]2O[C@H](CSc3nc4ccccc4s3)C[C@H](c3ccc(CO)cc3)O2)c1. The largest absolute Gasteiger partial charge is 0.392 e. The Kier molecular flexibility index (Phi) is 7.35. The summed E-state index contributed by atoms with van der Waals surface area (Å²) in [6, 6.07) is 30.0. The number of para-hydroxylation sites is 1. The third-order valence-corrected chi connectivity index (χ3v) is 9.79. The fourth-order valence-corrected chi connectivity index (χ4v) is 7.45. The number of aliphatic hydroxyl groups excluding tert-OH is 1. The minimum absolute atomic E-state index is 0.0242. The van der Waals surface area contributed by atoms with Gasteiger partial charge in [0.05, 0.1) is 45.8 Å². The highest BCUT2D eigenvalue weighted by molar-refractivity contribution is 8.01. The standard InChI is InChI=1S/C33H26N2O5S2/c36-18-20-12-14-21(15-13-20)28-17-24(19-41-33-34-27-10-3-4-11-29(27)42-33)39-32(40-28)22-6-5-7-23(16-22)35-30(37)25-8-1-2-9-26(25)31(35)38/h1-16,24,28,32,36H,17-19H2/t24-,28+,32+/m0/s1. The van der Waals surface area contributed by atoms with Crippen molar-refractivity contribution in [3.8, 4) is 0 Å². The number of anilines is 1. The molecular weight excluding hydrogens is 569 g/mol. The molecule has 0 radical (unpaired) electrons. The fourth-order valence-electron chi connectivity index (χ4n) is 5.33. The van der Waals surface area contributed by atoms with Crippen molar-refractivity contribution in [2.24, 2.45) is 0 Å². The summed E-state index contributed by atoms with van der Waals surface area (Å²) < 4.78 is 15.1. The number of carbonyl (C=O) groups excluding carboxylic acids is 2. The highest BCUT2D eigenvalue weighted by Gasteiger charge is 2.37. The first kappa shape index (κ1) is 27.0. The maximum Gasteiger partial charge on any atom is 0.266 e. The summed E-state index contributed by atoms with van der Waals surface area (Å²) in [5.74, 6) is -0.00130. The van der Waals surface area contributed by atoms with Gasteiger partial charge in [0.25, 0.3) is 11.8 Å². The van der Waals surface area contributed by atoms with E-state index in [1.807, 2.05) is 54.6 Å². The number of rotatable bonds is 7. The number of aliphatic hydroxyl groups is 1. The van der Waals surface area contributed by atoms with E-state index in [-0.39, 0.29) is 30.6 Å². The molecule has 0 spiro atoms. The quantitative estimate of drug-likeness (QED) is 0.162. The van der Waals surface area contributed by atoms with Gasteiger partial charge < -0.3 is 14.6 Å². The topological polar surface area (TPSA) is 89.0 Å². The molecule has 2 aliphatic heterocycles. The Bertz CT molecular complexity index is 1720. The Morgan fingerprint density at radius 3 is 2.33 bits per heavy atom. The summed E-state index contributed by atoms with van der Waals surface area (Å²) in [6.45, 7) is -0.0242. The predicted octanol–water partition coefficient (Wildman–Crippen LogP) is 6.93. The van der Waals surface area contributed by atoms with Gasteiger partial charge in [0.2, 0.25) is 0 Å². The van der Waals surface area contributed by atoms with Crippen LogP contribution >= 0.6 is 23.1 Å². The zero-order valence-corrected chi connectivity index (χ0v) is 24.0. The Hall–Kier alpha value is -3.86. The van der Waals surface area contributed by atoms with Crippen LogP contribution in [-0.2, 0) is 16.1 Å². The molecule has 1 aromatic heterocycles. The number of amides is 2. The minimum atomic E-state index is -0.711. The van der Waals surface area contributed by atoms with Crippen molar-refractivity contribution in [3.63, 3.8) is 0 Å². The fraction of sp³-hybridized carbons (Fsp3) is 0.182. The van der Waals surface area contributed by atoms with Crippen LogP contribution in [0, 0.1) is 0 Å². The van der Waals surface area contributed by atoms with E-state index in [2.05, 4.69) is 6.07 Å². The number of thiazole rings is 1. The van der Waals surface area contributed by atoms with Crippen LogP contribution < -0.4 is 4.90 Å². The maximum absolute atomic E-state index is 13.1. The minimum Gasteiger partial charge on any atom is -0.392 e. The highest BCUT2D eigenvalue weighted by Crippen LogP contribution is 2.41. The van der Waals surface area contributed by atoms with Crippen molar-refractivity contribution in [3.05, 3.63) is 125 Å². The number of carbonyl (C=O) groups is 2. The van der Waals surface area contributed by atoms with E-state index >= 15 is 0 Å². The molecule has 0 saturated carbocycles. The third kappa shape index (κ3) is 5.14. The molecule has 3 heterocycles. The average Bonchev–Trinajstić information content (AvgIpc) is 3.57. The second kappa shape index (κ2) is 11.4. The summed E-state index contributed by atoms with van der Waals surface area (Å²) in [5.41, 5.74) is 4.80. The molecule has 2 amide bonds. The molecule has 1 N–H and O–H groups in total. The molecule has 3 atom stereocenters. The van der Waals surface area contributed by atoms with Gasteiger partial charge in [-0.2, -0.15) is 0 Å². The second-order valence-corrected chi connectivity index (χ2v) is 12.5. The van der Waals surface area contributed by atoms with E-state index in [4.69, 9.17) is 14.5 Å². The molecular formula is C33H26N2O5S2. The van der Waals surface area contributed by atoms with Gasteiger partial charge in [-0.05, 0) is 47.5 Å². The number of nitrogens with zero attached hydrogens (tertiary/aromatic N) is 2. The van der Waals surface area contributed by atoms with Crippen molar-refractivity contribution in [1.29, 1.82) is 0 Å². The van der Waals surface area contributed by atoms with Crippen LogP contribution in [0.25, 0.3) is 10.2 Å². The second-order valence-electron chi connectivity index (χ2n) is 10.2.